The first-order valence-electron chi connectivity index (χ1n) is 6.94. The van der Waals surface area contributed by atoms with Gasteiger partial charge in [-0.25, -0.2) is 0 Å². The highest BCUT2D eigenvalue weighted by atomic mass is 32.2. The molecule has 0 saturated carbocycles. The number of carbonyl (C=O) groups excluding carboxylic acids is 1. The molecule has 2 N–H and O–H groups in total. The van der Waals surface area contributed by atoms with Gasteiger partial charge in [0.15, 0.2) is 0 Å². The maximum absolute atomic E-state index is 12.8. The fourth-order valence-corrected chi connectivity index (χ4v) is 4.32. The normalized spacial score (nSPS) is 30.2. The number of piperidine rings is 1. The molecule has 1 aromatic rings. The number of likely N-dealkylation sites (tertiary alicyclic amines) is 1. The van der Waals surface area contributed by atoms with Crippen LogP contribution >= 0.6 is 11.8 Å². The third kappa shape index (κ3) is 2.39. The summed E-state index contributed by atoms with van der Waals surface area (Å²) in [5.41, 5.74) is 7.18. The van der Waals surface area contributed by atoms with Crippen molar-refractivity contribution in [2.75, 3.05) is 12.3 Å². The van der Waals surface area contributed by atoms with E-state index >= 15 is 0 Å². The molecule has 1 fully saturated rings. The fourth-order valence-electron chi connectivity index (χ4n) is 3.10. The van der Waals surface area contributed by atoms with Crippen molar-refractivity contribution in [1.82, 2.24) is 4.90 Å². The molecule has 0 aromatic heterocycles. The summed E-state index contributed by atoms with van der Waals surface area (Å²) in [4.78, 5) is 16.1. The zero-order chi connectivity index (χ0) is 13.4. The van der Waals surface area contributed by atoms with Gasteiger partial charge in [-0.15, -0.1) is 11.8 Å². The number of rotatable bonds is 1. The summed E-state index contributed by atoms with van der Waals surface area (Å²) in [5.74, 6) is 1.21. The molecule has 1 amide bonds. The molecule has 19 heavy (non-hydrogen) atoms. The van der Waals surface area contributed by atoms with Crippen LogP contribution in [0.15, 0.2) is 29.2 Å². The molecular weight excluding hydrogens is 256 g/mol. The Balaban J connectivity index is 1.78. The Hall–Kier alpha value is -1.00. The summed E-state index contributed by atoms with van der Waals surface area (Å²) < 4.78 is 0. The van der Waals surface area contributed by atoms with E-state index in [1.165, 1.54) is 10.5 Å². The first-order chi connectivity index (χ1) is 9.16. The van der Waals surface area contributed by atoms with Crippen molar-refractivity contribution in [3.63, 3.8) is 0 Å². The first kappa shape index (κ1) is 13.0. The second-order valence-corrected chi connectivity index (χ2v) is 6.63. The second-order valence-electron chi connectivity index (χ2n) is 5.57. The van der Waals surface area contributed by atoms with E-state index in [-0.39, 0.29) is 23.9 Å². The second kappa shape index (κ2) is 5.17. The summed E-state index contributed by atoms with van der Waals surface area (Å²) in [6, 6.07) is 8.81. The third-order valence-electron chi connectivity index (χ3n) is 4.20. The molecule has 1 aromatic carbocycles. The molecule has 2 aliphatic rings. The van der Waals surface area contributed by atoms with Gasteiger partial charge in [0, 0.05) is 29.3 Å². The maximum Gasteiger partial charge on any atom is 0.231 e. The number of nitrogens with zero attached hydrogens (tertiary/aromatic N) is 1. The molecule has 4 heteroatoms. The Morgan fingerprint density at radius 3 is 3.00 bits per heavy atom. The van der Waals surface area contributed by atoms with Crippen LogP contribution in [0.25, 0.3) is 0 Å². The number of hydrogen-bond donors (Lipinski definition) is 1. The van der Waals surface area contributed by atoms with Crippen molar-refractivity contribution in [3.8, 4) is 0 Å². The van der Waals surface area contributed by atoms with Gasteiger partial charge in [-0.1, -0.05) is 18.2 Å². The van der Waals surface area contributed by atoms with Crippen LogP contribution in [-0.2, 0) is 4.79 Å². The Morgan fingerprint density at radius 1 is 1.42 bits per heavy atom. The highest BCUT2D eigenvalue weighted by molar-refractivity contribution is 7.99. The monoisotopic (exact) mass is 276 g/mol. The van der Waals surface area contributed by atoms with Gasteiger partial charge in [-0.2, -0.15) is 0 Å². The molecule has 3 rings (SSSR count). The molecule has 0 spiro atoms. The van der Waals surface area contributed by atoms with Crippen molar-refractivity contribution >= 4 is 17.7 Å². The van der Waals surface area contributed by atoms with E-state index in [2.05, 4.69) is 19.1 Å². The SMILES string of the molecule is C[C@@H]1C[C@H](N)CCN1C(=O)[C@H]1CSc2ccccc21. The predicted octanol–water partition coefficient (Wildman–Crippen LogP) is 2.21. The summed E-state index contributed by atoms with van der Waals surface area (Å²) in [7, 11) is 0. The molecule has 2 heterocycles. The lowest BCUT2D eigenvalue weighted by molar-refractivity contribution is -0.135. The Bertz CT molecular complexity index is 491. The topological polar surface area (TPSA) is 46.3 Å². The largest absolute Gasteiger partial charge is 0.339 e. The molecule has 3 atom stereocenters. The zero-order valence-corrected chi connectivity index (χ0v) is 12.0. The summed E-state index contributed by atoms with van der Waals surface area (Å²) in [5, 5.41) is 0. The van der Waals surface area contributed by atoms with Crippen LogP contribution in [0.3, 0.4) is 0 Å². The van der Waals surface area contributed by atoms with Gasteiger partial charge in [0.05, 0.1) is 5.92 Å². The first-order valence-corrected chi connectivity index (χ1v) is 7.93. The van der Waals surface area contributed by atoms with Gasteiger partial charge >= 0.3 is 0 Å². The lowest BCUT2D eigenvalue weighted by atomic mass is 9.94. The van der Waals surface area contributed by atoms with Crippen molar-refractivity contribution in [2.24, 2.45) is 5.73 Å². The van der Waals surface area contributed by atoms with Crippen molar-refractivity contribution in [2.45, 2.75) is 42.7 Å². The van der Waals surface area contributed by atoms with Crippen LogP contribution in [0.2, 0.25) is 0 Å². The number of nitrogens with two attached hydrogens (primary N) is 1. The summed E-state index contributed by atoms with van der Waals surface area (Å²) in [6.45, 7) is 2.93. The Morgan fingerprint density at radius 2 is 2.21 bits per heavy atom. The lowest BCUT2D eigenvalue weighted by Gasteiger charge is -2.37. The number of fused-ring (bicyclic) bond motifs is 1. The number of hydrogen-bond acceptors (Lipinski definition) is 3. The average molecular weight is 276 g/mol. The quantitative estimate of drug-likeness (QED) is 0.855. The number of carbonyl (C=O) groups is 1. The molecule has 102 valence electrons. The van der Waals surface area contributed by atoms with E-state index in [9.17, 15) is 4.79 Å². The van der Waals surface area contributed by atoms with Crippen LogP contribution in [0.5, 0.6) is 0 Å². The summed E-state index contributed by atoms with van der Waals surface area (Å²) in [6.07, 6.45) is 1.85. The van der Waals surface area contributed by atoms with Gasteiger partial charge in [-0.05, 0) is 31.4 Å². The van der Waals surface area contributed by atoms with Crippen molar-refractivity contribution in [3.05, 3.63) is 29.8 Å². The minimum atomic E-state index is 0.0398. The van der Waals surface area contributed by atoms with Crippen LogP contribution in [0.4, 0.5) is 0 Å². The molecule has 2 aliphatic heterocycles. The standard InChI is InChI=1S/C15H20N2OS/c1-10-8-11(16)6-7-17(10)15(18)13-9-19-14-5-3-2-4-12(13)14/h2-5,10-11,13H,6-9,16H2,1H3/t10-,11-,13+/m1/s1. The minimum Gasteiger partial charge on any atom is -0.339 e. The average Bonchev–Trinajstić information content (AvgIpc) is 2.82. The van der Waals surface area contributed by atoms with E-state index in [1.807, 2.05) is 17.0 Å². The smallest absolute Gasteiger partial charge is 0.231 e. The fraction of sp³-hybridized carbons (Fsp3) is 0.533. The molecule has 3 nitrogen and oxygen atoms in total. The van der Waals surface area contributed by atoms with Crippen molar-refractivity contribution < 1.29 is 4.79 Å². The van der Waals surface area contributed by atoms with Gasteiger partial charge in [-0.3, -0.25) is 4.79 Å². The van der Waals surface area contributed by atoms with Gasteiger partial charge < -0.3 is 10.6 Å². The maximum atomic E-state index is 12.8. The van der Waals surface area contributed by atoms with E-state index in [0.717, 1.165) is 25.1 Å². The molecule has 0 radical (unpaired) electrons. The van der Waals surface area contributed by atoms with Crippen LogP contribution < -0.4 is 5.73 Å². The molecular formula is C15H20N2OS. The van der Waals surface area contributed by atoms with Crippen LogP contribution in [-0.4, -0.2) is 35.2 Å². The van der Waals surface area contributed by atoms with E-state index in [1.54, 1.807) is 11.8 Å². The predicted molar refractivity (Wildman–Crippen MR) is 78.3 cm³/mol. The lowest BCUT2D eigenvalue weighted by Crippen LogP contribution is -2.49. The van der Waals surface area contributed by atoms with E-state index in [4.69, 9.17) is 5.73 Å². The zero-order valence-electron chi connectivity index (χ0n) is 11.2. The Labute approximate surface area is 118 Å². The molecule has 0 bridgehead atoms. The Kier molecular flexibility index (Phi) is 3.54. The minimum absolute atomic E-state index is 0.0398. The number of amides is 1. The molecule has 0 aliphatic carbocycles. The van der Waals surface area contributed by atoms with Gasteiger partial charge in [0.1, 0.15) is 0 Å². The molecule has 0 unspecified atom stereocenters. The molecule has 1 saturated heterocycles. The number of benzene rings is 1. The van der Waals surface area contributed by atoms with Crippen LogP contribution in [0.1, 0.15) is 31.2 Å². The van der Waals surface area contributed by atoms with Gasteiger partial charge in [0.25, 0.3) is 0 Å². The highest BCUT2D eigenvalue weighted by Crippen LogP contribution is 2.40. The third-order valence-corrected chi connectivity index (χ3v) is 5.38. The summed E-state index contributed by atoms with van der Waals surface area (Å²) >= 11 is 1.80. The van der Waals surface area contributed by atoms with Crippen LogP contribution in [0, 0.1) is 0 Å². The van der Waals surface area contributed by atoms with E-state index < -0.39 is 0 Å². The van der Waals surface area contributed by atoms with Crippen molar-refractivity contribution in [1.29, 1.82) is 0 Å². The number of thioether (sulfide) groups is 1. The highest BCUT2D eigenvalue weighted by Gasteiger charge is 2.35. The van der Waals surface area contributed by atoms with E-state index in [0.29, 0.717) is 0 Å². The van der Waals surface area contributed by atoms with Gasteiger partial charge in [0.2, 0.25) is 5.91 Å².